The lowest BCUT2D eigenvalue weighted by Crippen LogP contribution is -2.12. The molecule has 3 N–H and O–H groups in total. The van der Waals surface area contributed by atoms with Crippen molar-refractivity contribution in [3.8, 4) is 16.9 Å². The molecule has 8 heteroatoms. The van der Waals surface area contributed by atoms with Gasteiger partial charge in [0.25, 0.3) is 0 Å². The highest BCUT2D eigenvalue weighted by Crippen LogP contribution is 2.31. The van der Waals surface area contributed by atoms with Crippen molar-refractivity contribution in [3.05, 3.63) is 70.9 Å². The lowest BCUT2D eigenvalue weighted by molar-refractivity contribution is 0.0696. The maximum absolute atomic E-state index is 11.7. The predicted molar refractivity (Wildman–Crippen MR) is 99.3 cm³/mol. The molecule has 134 valence electrons. The molecule has 26 heavy (non-hydrogen) atoms. The Morgan fingerprint density at radius 1 is 1.12 bits per heavy atom. The second-order valence-corrected chi connectivity index (χ2v) is 7.72. The van der Waals surface area contributed by atoms with Crippen molar-refractivity contribution in [1.82, 2.24) is 4.57 Å². The van der Waals surface area contributed by atoms with Crippen LogP contribution in [0.5, 0.6) is 0 Å². The normalized spacial score (nSPS) is 11.5. The van der Waals surface area contributed by atoms with Crippen LogP contribution in [0.25, 0.3) is 16.9 Å². The van der Waals surface area contributed by atoms with E-state index >= 15 is 0 Å². The van der Waals surface area contributed by atoms with E-state index in [0.717, 1.165) is 5.56 Å². The maximum atomic E-state index is 11.7. The van der Waals surface area contributed by atoms with Crippen LogP contribution in [0, 0.1) is 6.92 Å². The maximum Gasteiger partial charge on any atom is 0.337 e. The van der Waals surface area contributed by atoms with Crippen LogP contribution in [-0.2, 0) is 10.0 Å². The van der Waals surface area contributed by atoms with Gasteiger partial charge in [-0.3, -0.25) is 0 Å². The minimum atomic E-state index is -3.89. The van der Waals surface area contributed by atoms with E-state index in [0.29, 0.717) is 22.1 Å². The molecule has 0 saturated heterocycles. The van der Waals surface area contributed by atoms with Crippen molar-refractivity contribution in [2.24, 2.45) is 5.14 Å². The summed E-state index contributed by atoms with van der Waals surface area (Å²) < 4.78 is 25.0. The zero-order chi connectivity index (χ0) is 19.1. The van der Waals surface area contributed by atoms with Gasteiger partial charge in [0.15, 0.2) is 0 Å². The van der Waals surface area contributed by atoms with Gasteiger partial charge in [0.1, 0.15) is 0 Å². The Bertz CT molecular complexity index is 1100. The van der Waals surface area contributed by atoms with Crippen molar-refractivity contribution >= 4 is 27.6 Å². The number of carbonyl (C=O) groups is 1. The third-order valence-corrected chi connectivity index (χ3v) is 5.18. The number of benzene rings is 2. The molecule has 6 nitrogen and oxygen atoms in total. The smallest absolute Gasteiger partial charge is 0.337 e. The number of hydrogen-bond donors (Lipinski definition) is 2. The third kappa shape index (κ3) is 3.37. The number of carboxylic acid groups (broad SMARTS) is 1. The first-order valence-corrected chi connectivity index (χ1v) is 9.46. The fourth-order valence-corrected chi connectivity index (χ4v) is 3.47. The average molecular weight is 391 g/mol. The van der Waals surface area contributed by atoms with E-state index in [9.17, 15) is 18.3 Å². The number of primary sulfonamides is 1. The van der Waals surface area contributed by atoms with Gasteiger partial charge in [-0.05, 0) is 48.9 Å². The van der Waals surface area contributed by atoms with E-state index in [1.165, 1.54) is 12.1 Å². The van der Waals surface area contributed by atoms with E-state index in [2.05, 4.69) is 0 Å². The van der Waals surface area contributed by atoms with Gasteiger partial charge in [-0.15, -0.1) is 0 Å². The molecule has 0 bridgehead atoms. The highest BCUT2D eigenvalue weighted by molar-refractivity contribution is 7.89. The molecule has 0 fully saturated rings. The van der Waals surface area contributed by atoms with Crippen LogP contribution in [0.4, 0.5) is 0 Å². The monoisotopic (exact) mass is 390 g/mol. The molecule has 0 spiro atoms. The van der Waals surface area contributed by atoms with E-state index in [4.69, 9.17) is 16.7 Å². The molecule has 0 radical (unpaired) electrons. The van der Waals surface area contributed by atoms with Gasteiger partial charge in [0, 0.05) is 16.4 Å². The molecular formula is C18H15ClN2O4S. The van der Waals surface area contributed by atoms with E-state index in [-0.39, 0.29) is 10.5 Å². The van der Waals surface area contributed by atoms with E-state index in [1.54, 1.807) is 54.0 Å². The molecular weight excluding hydrogens is 376 g/mol. The summed E-state index contributed by atoms with van der Waals surface area (Å²) in [5.41, 5.74) is 2.42. The van der Waals surface area contributed by atoms with Gasteiger partial charge >= 0.3 is 5.97 Å². The van der Waals surface area contributed by atoms with Gasteiger partial charge in [-0.1, -0.05) is 29.8 Å². The summed E-state index contributed by atoms with van der Waals surface area (Å²) >= 11 is 5.93. The molecule has 0 aliphatic heterocycles. The summed E-state index contributed by atoms with van der Waals surface area (Å²) in [6, 6.07) is 14.5. The number of rotatable bonds is 4. The van der Waals surface area contributed by atoms with Gasteiger partial charge in [0.2, 0.25) is 10.0 Å². The molecule has 0 amide bonds. The highest BCUT2D eigenvalue weighted by atomic mass is 35.5. The summed E-state index contributed by atoms with van der Waals surface area (Å²) in [5, 5.41) is 15.2. The predicted octanol–water partition coefficient (Wildman–Crippen LogP) is 3.45. The van der Waals surface area contributed by atoms with Crippen LogP contribution in [0.3, 0.4) is 0 Å². The SMILES string of the molecule is Cc1c(C(=O)O)cc(-c2ccc(Cl)cc2)n1-c1cccc(S(N)(=O)=O)c1. The number of aromatic nitrogens is 1. The zero-order valence-corrected chi connectivity index (χ0v) is 15.3. The fraction of sp³-hybridized carbons (Fsp3) is 0.0556. The van der Waals surface area contributed by atoms with Gasteiger partial charge in [0.05, 0.1) is 16.2 Å². The third-order valence-electron chi connectivity index (χ3n) is 4.02. The number of hydrogen-bond acceptors (Lipinski definition) is 3. The number of carboxylic acids is 1. The van der Waals surface area contributed by atoms with Crippen LogP contribution in [0.2, 0.25) is 5.02 Å². The molecule has 0 unspecified atom stereocenters. The molecule has 0 aliphatic carbocycles. The summed E-state index contributed by atoms with van der Waals surface area (Å²) in [6.45, 7) is 1.66. The Kier molecular flexibility index (Phi) is 4.62. The van der Waals surface area contributed by atoms with Gasteiger partial charge in [-0.2, -0.15) is 0 Å². The zero-order valence-electron chi connectivity index (χ0n) is 13.7. The Morgan fingerprint density at radius 2 is 1.77 bits per heavy atom. The minimum Gasteiger partial charge on any atom is -0.478 e. The molecule has 0 aliphatic rings. The van der Waals surface area contributed by atoms with Crippen molar-refractivity contribution in [3.63, 3.8) is 0 Å². The Morgan fingerprint density at radius 3 is 2.35 bits per heavy atom. The van der Waals surface area contributed by atoms with Gasteiger partial charge in [-0.25, -0.2) is 18.4 Å². The standard InChI is InChI=1S/C18H15ClN2O4S/c1-11-16(18(22)23)10-17(12-5-7-13(19)8-6-12)21(11)14-3-2-4-15(9-14)26(20,24)25/h2-10H,1H3,(H,22,23)(H2,20,24,25). The van der Waals surface area contributed by atoms with Gasteiger partial charge < -0.3 is 9.67 Å². The summed E-state index contributed by atoms with van der Waals surface area (Å²) in [4.78, 5) is 11.5. The second kappa shape index (κ2) is 6.60. The molecule has 0 atom stereocenters. The summed E-state index contributed by atoms with van der Waals surface area (Å²) in [6.07, 6.45) is 0. The minimum absolute atomic E-state index is 0.0537. The van der Waals surface area contributed by atoms with Crippen LogP contribution >= 0.6 is 11.6 Å². The van der Waals surface area contributed by atoms with Crippen LogP contribution in [0.15, 0.2) is 59.5 Å². The molecule has 1 aromatic heterocycles. The number of nitrogens with two attached hydrogens (primary N) is 1. The topological polar surface area (TPSA) is 102 Å². The number of aromatic carboxylic acids is 1. The second-order valence-electron chi connectivity index (χ2n) is 5.72. The van der Waals surface area contributed by atoms with Crippen LogP contribution in [-0.4, -0.2) is 24.1 Å². The summed E-state index contributed by atoms with van der Waals surface area (Å²) in [7, 11) is -3.89. The number of halogens is 1. The number of sulfonamides is 1. The quantitative estimate of drug-likeness (QED) is 0.712. The molecule has 1 heterocycles. The van der Waals surface area contributed by atoms with Crippen molar-refractivity contribution < 1.29 is 18.3 Å². The fourth-order valence-electron chi connectivity index (χ4n) is 2.79. The van der Waals surface area contributed by atoms with Crippen molar-refractivity contribution in [1.29, 1.82) is 0 Å². The summed E-state index contributed by atoms with van der Waals surface area (Å²) in [5.74, 6) is -1.07. The van der Waals surface area contributed by atoms with Crippen molar-refractivity contribution in [2.45, 2.75) is 11.8 Å². The van der Waals surface area contributed by atoms with Crippen LogP contribution in [0.1, 0.15) is 16.1 Å². The first-order chi connectivity index (χ1) is 12.2. The lowest BCUT2D eigenvalue weighted by Gasteiger charge is -2.13. The molecule has 3 rings (SSSR count). The van der Waals surface area contributed by atoms with Crippen LogP contribution < -0.4 is 5.14 Å². The number of nitrogens with zero attached hydrogens (tertiary/aromatic N) is 1. The Hall–Kier alpha value is -2.61. The molecule has 3 aromatic rings. The molecule has 0 saturated carbocycles. The first-order valence-electron chi connectivity index (χ1n) is 7.53. The average Bonchev–Trinajstić information content (AvgIpc) is 2.92. The highest BCUT2D eigenvalue weighted by Gasteiger charge is 2.20. The largest absolute Gasteiger partial charge is 0.478 e. The van der Waals surface area contributed by atoms with Crippen molar-refractivity contribution in [2.75, 3.05) is 0 Å². The first kappa shape index (κ1) is 18.2. The Balaban J connectivity index is 2.30. The van der Waals surface area contributed by atoms with E-state index in [1.807, 2.05) is 0 Å². The van der Waals surface area contributed by atoms with E-state index < -0.39 is 16.0 Å². The Labute approximate surface area is 155 Å². The molecule has 2 aromatic carbocycles. The lowest BCUT2D eigenvalue weighted by atomic mass is 10.1.